The predicted molar refractivity (Wildman–Crippen MR) is 70.2 cm³/mol. The summed E-state index contributed by atoms with van der Waals surface area (Å²) in [5, 5.41) is 7.96. The second-order valence-electron chi connectivity index (χ2n) is 5.47. The number of thioether (sulfide) groups is 1. The summed E-state index contributed by atoms with van der Waals surface area (Å²) in [5.41, 5.74) is 0.143. The molecule has 1 aliphatic heterocycles. The number of rotatable bonds is 4. The van der Waals surface area contributed by atoms with Gasteiger partial charge in [0.1, 0.15) is 0 Å². The van der Waals surface area contributed by atoms with Crippen LogP contribution in [0.4, 0.5) is 0 Å². The van der Waals surface area contributed by atoms with E-state index >= 15 is 0 Å². The van der Waals surface area contributed by atoms with Gasteiger partial charge in [-0.05, 0) is 39.4 Å². The van der Waals surface area contributed by atoms with Crippen LogP contribution in [0.5, 0.6) is 0 Å². The summed E-state index contributed by atoms with van der Waals surface area (Å²) in [5.74, 6) is 2.86. The molecule has 0 spiro atoms. The van der Waals surface area contributed by atoms with Gasteiger partial charge < -0.3 is 9.84 Å². The molecule has 1 aromatic rings. The average molecular weight is 255 g/mol. The third-order valence-corrected chi connectivity index (χ3v) is 4.07. The van der Waals surface area contributed by atoms with Crippen molar-refractivity contribution >= 4 is 11.8 Å². The van der Waals surface area contributed by atoms with Crippen LogP contribution in [-0.2, 0) is 6.42 Å². The Balaban J connectivity index is 1.81. The lowest BCUT2D eigenvalue weighted by Crippen LogP contribution is -2.37. The van der Waals surface area contributed by atoms with Gasteiger partial charge >= 0.3 is 0 Å². The van der Waals surface area contributed by atoms with Crippen molar-refractivity contribution in [3.8, 4) is 0 Å². The van der Waals surface area contributed by atoms with Gasteiger partial charge in [-0.3, -0.25) is 0 Å². The largest absolute Gasteiger partial charge is 0.339 e. The zero-order valence-corrected chi connectivity index (χ0v) is 11.6. The summed E-state index contributed by atoms with van der Waals surface area (Å²) in [7, 11) is 0. The molecule has 1 aliphatic rings. The predicted octanol–water partition coefficient (Wildman–Crippen LogP) is 2.57. The average Bonchev–Trinajstić information content (AvgIpc) is 2.83. The summed E-state index contributed by atoms with van der Waals surface area (Å²) in [6.45, 7) is 7.34. The molecule has 96 valence electrons. The third-order valence-electron chi connectivity index (χ3n) is 2.70. The Labute approximate surface area is 107 Å². The van der Waals surface area contributed by atoms with E-state index in [0.717, 1.165) is 24.7 Å². The normalized spacial score (nSPS) is 21.0. The van der Waals surface area contributed by atoms with Crippen LogP contribution in [0.2, 0.25) is 0 Å². The van der Waals surface area contributed by atoms with Crippen LogP contribution < -0.4 is 5.32 Å². The quantitative estimate of drug-likeness (QED) is 0.896. The fourth-order valence-electron chi connectivity index (χ4n) is 1.83. The number of hydrogen-bond acceptors (Lipinski definition) is 5. The van der Waals surface area contributed by atoms with E-state index in [1.807, 2.05) is 11.8 Å². The first-order valence-electron chi connectivity index (χ1n) is 6.24. The fourth-order valence-corrected chi connectivity index (χ4v) is 3.02. The highest BCUT2D eigenvalue weighted by molar-refractivity contribution is 7.99. The van der Waals surface area contributed by atoms with E-state index in [0.29, 0.717) is 5.25 Å². The van der Waals surface area contributed by atoms with Gasteiger partial charge in [0.25, 0.3) is 0 Å². The molecule has 0 amide bonds. The van der Waals surface area contributed by atoms with Crippen LogP contribution in [0.25, 0.3) is 0 Å². The van der Waals surface area contributed by atoms with E-state index in [2.05, 4.69) is 36.2 Å². The summed E-state index contributed by atoms with van der Waals surface area (Å²) >= 11 is 1.94. The lowest BCUT2D eigenvalue weighted by Gasteiger charge is -2.19. The second-order valence-corrected chi connectivity index (χ2v) is 6.79. The van der Waals surface area contributed by atoms with Crippen molar-refractivity contribution < 1.29 is 4.52 Å². The van der Waals surface area contributed by atoms with Gasteiger partial charge in [0.05, 0.1) is 5.25 Å². The van der Waals surface area contributed by atoms with Crippen molar-refractivity contribution in [3.05, 3.63) is 11.7 Å². The van der Waals surface area contributed by atoms with Gasteiger partial charge in [-0.25, -0.2) is 0 Å². The second kappa shape index (κ2) is 5.40. The van der Waals surface area contributed by atoms with Crippen molar-refractivity contribution in [2.75, 3.05) is 12.3 Å². The number of nitrogens with zero attached hydrogens (tertiary/aromatic N) is 2. The Morgan fingerprint density at radius 3 is 2.94 bits per heavy atom. The van der Waals surface area contributed by atoms with E-state index in [1.54, 1.807) is 0 Å². The summed E-state index contributed by atoms with van der Waals surface area (Å²) in [4.78, 5) is 4.47. The van der Waals surface area contributed by atoms with Gasteiger partial charge in [-0.15, -0.1) is 0 Å². The molecule has 0 aliphatic carbocycles. The van der Waals surface area contributed by atoms with Gasteiger partial charge in [-0.2, -0.15) is 16.7 Å². The molecular weight excluding hydrogens is 234 g/mol. The minimum absolute atomic E-state index is 0.143. The molecule has 1 atom stereocenters. The molecule has 0 aromatic carbocycles. The van der Waals surface area contributed by atoms with Crippen LogP contribution in [-0.4, -0.2) is 28.0 Å². The minimum atomic E-state index is 0.143. The molecule has 1 fully saturated rings. The van der Waals surface area contributed by atoms with Crippen molar-refractivity contribution in [2.45, 2.75) is 50.8 Å². The Bertz CT molecular complexity index is 353. The van der Waals surface area contributed by atoms with Gasteiger partial charge in [-0.1, -0.05) is 5.16 Å². The lowest BCUT2D eigenvalue weighted by molar-refractivity contribution is 0.358. The maximum absolute atomic E-state index is 5.28. The highest BCUT2D eigenvalue weighted by Crippen LogP contribution is 2.38. The molecule has 1 saturated heterocycles. The Morgan fingerprint density at radius 1 is 1.47 bits per heavy atom. The Hall–Kier alpha value is -0.550. The first kappa shape index (κ1) is 12.9. The molecule has 17 heavy (non-hydrogen) atoms. The fraction of sp³-hybridized carbons (Fsp3) is 0.833. The molecule has 0 bridgehead atoms. The van der Waals surface area contributed by atoms with Crippen molar-refractivity contribution in [1.82, 2.24) is 15.5 Å². The molecule has 4 nitrogen and oxygen atoms in total. The lowest BCUT2D eigenvalue weighted by atomic mass is 10.1. The number of aromatic nitrogens is 2. The van der Waals surface area contributed by atoms with Gasteiger partial charge in [0.15, 0.2) is 5.82 Å². The monoisotopic (exact) mass is 255 g/mol. The summed E-state index contributed by atoms with van der Waals surface area (Å²) in [6.07, 6.45) is 3.26. The van der Waals surface area contributed by atoms with Crippen LogP contribution >= 0.6 is 11.8 Å². The molecule has 1 N–H and O–H groups in total. The maximum atomic E-state index is 5.28. The minimum Gasteiger partial charge on any atom is -0.339 e. The summed E-state index contributed by atoms with van der Waals surface area (Å²) in [6, 6.07) is 0. The van der Waals surface area contributed by atoms with Crippen LogP contribution in [0.15, 0.2) is 4.52 Å². The Morgan fingerprint density at radius 2 is 2.29 bits per heavy atom. The smallest absolute Gasteiger partial charge is 0.227 e. The van der Waals surface area contributed by atoms with Crippen molar-refractivity contribution in [3.63, 3.8) is 0 Å². The molecule has 5 heteroatoms. The van der Waals surface area contributed by atoms with Crippen LogP contribution in [0.3, 0.4) is 0 Å². The highest BCUT2D eigenvalue weighted by atomic mass is 32.2. The first-order chi connectivity index (χ1) is 8.04. The van der Waals surface area contributed by atoms with Gasteiger partial charge in [0.2, 0.25) is 5.89 Å². The van der Waals surface area contributed by atoms with Crippen molar-refractivity contribution in [1.29, 1.82) is 0 Å². The molecule has 2 heterocycles. The highest BCUT2D eigenvalue weighted by Gasteiger charge is 2.22. The molecule has 1 aromatic heterocycles. The molecule has 2 rings (SSSR count). The zero-order chi connectivity index (χ0) is 12.3. The van der Waals surface area contributed by atoms with Crippen molar-refractivity contribution in [2.24, 2.45) is 0 Å². The first-order valence-corrected chi connectivity index (χ1v) is 7.28. The SMILES string of the molecule is CC(C)(C)NCCc1nc(C2CCCS2)no1. The molecular formula is C12H21N3OS. The van der Waals surface area contributed by atoms with E-state index < -0.39 is 0 Å². The van der Waals surface area contributed by atoms with E-state index in [9.17, 15) is 0 Å². The van der Waals surface area contributed by atoms with Crippen LogP contribution in [0, 0.1) is 0 Å². The van der Waals surface area contributed by atoms with Crippen LogP contribution in [0.1, 0.15) is 50.6 Å². The third kappa shape index (κ3) is 4.00. The molecule has 0 saturated carbocycles. The van der Waals surface area contributed by atoms with E-state index in [-0.39, 0.29) is 5.54 Å². The zero-order valence-electron chi connectivity index (χ0n) is 10.8. The Kier molecular flexibility index (Phi) is 4.09. The number of hydrogen-bond donors (Lipinski definition) is 1. The standard InChI is InChI=1S/C12H21N3OS/c1-12(2,3)13-7-6-10-14-11(15-16-10)9-5-4-8-17-9/h9,13H,4-8H2,1-3H3. The van der Waals surface area contributed by atoms with E-state index in [1.165, 1.54) is 18.6 Å². The number of nitrogens with one attached hydrogen (secondary N) is 1. The van der Waals surface area contributed by atoms with Gasteiger partial charge in [0, 0.05) is 18.5 Å². The topological polar surface area (TPSA) is 51.0 Å². The molecule has 1 unspecified atom stereocenters. The summed E-state index contributed by atoms with van der Waals surface area (Å²) < 4.78 is 5.28. The maximum Gasteiger partial charge on any atom is 0.227 e. The molecule has 0 radical (unpaired) electrons. The van der Waals surface area contributed by atoms with E-state index in [4.69, 9.17) is 4.52 Å².